The molecule has 1 saturated carbocycles. The van der Waals surface area contributed by atoms with Crippen LogP contribution in [0.15, 0.2) is 16.6 Å². The molecule has 1 fully saturated rings. The molecule has 4 heteroatoms. The second-order valence-electron chi connectivity index (χ2n) is 5.77. The van der Waals surface area contributed by atoms with E-state index in [9.17, 15) is 0 Å². The predicted octanol–water partition coefficient (Wildman–Crippen LogP) is 4.29. The van der Waals surface area contributed by atoms with Crippen LogP contribution in [0.25, 0.3) is 0 Å². The minimum absolute atomic E-state index is 0.0525. The average Bonchev–Trinajstić information content (AvgIpc) is 2.47. The Labute approximate surface area is 130 Å². The molecule has 0 aliphatic heterocycles. The molecule has 1 aromatic rings. The first-order chi connectivity index (χ1) is 9.56. The first-order valence-corrected chi connectivity index (χ1v) is 8.03. The van der Waals surface area contributed by atoms with Crippen LogP contribution in [0.2, 0.25) is 0 Å². The van der Waals surface area contributed by atoms with E-state index in [2.05, 4.69) is 22.9 Å². The largest absolute Gasteiger partial charge is 0.493 e. The van der Waals surface area contributed by atoms with Gasteiger partial charge in [-0.05, 0) is 42.4 Å². The monoisotopic (exact) mass is 341 g/mol. The number of rotatable bonds is 4. The zero-order valence-electron chi connectivity index (χ0n) is 12.5. The van der Waals surface area contributed by atoms with Crippen molar-refractivity contribution in [3.63, 3.8) is 0 Å². The number of hydrogen-bond acceptors (Lipinski definition) is 3. The van der Waals surface area contributed by atoms with Crippen molar-refractivity contribution < 1.29 is 9.47 Å². The summed E-state index contributed by atoms with van der Waals surface area (Å²) >= 11 is 3.61. The lowest BCUT2D eigenvalue weighted by molar-refractivity contribution is 0.255. The molecule has 2 N–H and O–H groups in total. The number of halogens is 1. The van der Waals surface area contributed by atoms with Gasteiger partial charge >= 0.3 is 0 Å². The first kappa shape index (κ1) is 15.6. The molecule has 1 unspecified atom stereocenters. The Morgan fingerprint density at radius 1 is 1.10 bits per heavy atom. The molecule has 1 atom stereocenters. The maximum absolute atomic E-state index is 6.50. The van der Waals surface area contributed by atoms with E-state index in [0.29, 0.717) is 5.92 Å². The molecule has 0 heterocycles. The summed E-state index contributed by atoms with van der Waals surface area (Å²) in [5.74, 6) is 2.87. The van der Waals surface area contributed by atoms with Gasteiger partial charge in [-0.2, -0.15) is 0 Å². The third-order valence-corrected chi connectivity index (χ3v) is 5.12. The van der Waals surface area contributed by atoms with E-state index < -0.39 is 0 Å². The van der Waals surface area contributed by atoms with Crippen molar-refractivity contribution in [2.24, 2.45) is 17.6 Å². The van der Waals surface area contributed by atoms with Gasteiger partial charge in [-0.1, -0.05) is 35.7 Å². The molecule has 2 rings (SSSR count). The Kier molecular flexibility index (Phi) is 5.33. The lowest BCUT2D eigenvalue weighted by Crippen LogP contribution is -2.25. The fourth-order valence-corrected chi connectivity index (χ4v) is 3.61. The van der Waals surface area contributed by atoms with Gasteiger partial charge in [-0.25, -0.2) is 0 Å². The zero-order chi connectivity index (χ0) is 14.7. The van der Waals surface area contributed by atoms with Crippen LogP contribution in [-0.4, -0.2) is 14.2 Å². The molecule has 0 saturated heterocycles. The Hall–Kier alpha value is -0.740. The van der Waals surface area contributed by atoms with Crippen LogP contribution in [0.4, 0.5) is 0 Å². The molecule has 0 amide bonds. The molecule has 0 bridgehead atoms. The third-order valence-electron chi connectivity index (χ3n) is 4.43. The van der Waals surface area contributed by atoms with Gasteiger partial charge in [0.2, 0.25) is 0 Å². The molecule has 0 spiro atoms. The van der Waals surface area contributed by atoms with Crippen LogP contribution in [0.3, 0.4) is 0 Å². The number of hydrogen-bond donors (Lipinski definition) is 1. The van der Waals surface area contributed by atoms with Gasteiger partial charge in [-0.3, -0.25) is 0 Å². The fourth-order valence-electron chi connectivity index (χ4n) is 3.02. The van der Waals surface area contributed by atoms with Crippen LogP contribution < -0.4 is 15.2 Å². The van der Waals surface area contributed by atoms with Crippen molar-refractivity contribution in [2.75, 3.05) is 14.2 Å². The highest BCUT2D eigenvalue weighted by Crippen LogP contribution is 2.41. The van der Waals surface area contributed by atoms with Gasteiger partial charge in [0, 0.05) is 10.5 Å². The molecule has 1 aliphatic carbocycles. The molecule has 3 nitrogen and oxygen atoms in total. The van der Waals surface area contributed by atoms with E-state index >= 15 is 0 Å². The van der Waals surface area contributed by atoms with Crippen molar-refractivity contribution in [3.8, 4) is 11.5 Å². The summed E-state index contributed by atoms with van der Waals surface area (Å²) in [6.07, 6.45) is 4.98. The number of nitrogens with two attached hydrogens (primary N) is 1. The molecular formula is C16H24BrNO2. The highest BCUT2D eigenvalue weighted by atomic mass is 79.9. The summed E-state index contributed by atoms with van der Waals surface area (Å²) in [6.45, 7) is 2.33. The zero-order valence-corrected chi connectivity index (χ0v) is 14.1. The SMILES string of the molecule is COc1cc(Br)c(C(N)C2CCC(C)CC2)cc1OC. The Morgan fingerprint density at radius 3 is 2.20 bits per heavy atom. The molecular weight excluding hydrogens is 318 g/mol. The van der Waals surface area contributed by atoms with Gasteiger partial charge in [0.15, 0.2) is 11.5 Å². The standard InChI is InChI=1S/C16H24BrNO2/c1-10-4-6-11(7-5-10)16(18)12-8-14(19-2)15(20-3)9-13(12)17/h8-11,16H,4-7,18H2,1-3H3. The van der Waals surface area contributed by atoms with E-state index in [1.54, 1.807) is 14.2 Å². The summed E-state index contributed by atoms with van der Waals surface area (Å²) in [5.41, 5.74) is 7.62. The van der Waals surface area contributed by atoms with Crippen LogP contribution in [0.5, 0.6) is 11.5 Å². The minimum Gasteiger partial charge on any atom is -0.493 e. The topological polar surface area (TPSA) is 44.5 Å². The molecule has 112 valence electrons. The van der Waals surface area contributed by atoms with Crippen LogP contribution >= 0.6 is 15.9 Å². The molecule has 0 aromatic heterocycles. The fraction of sp³-hybridized carbons (Fsp3) is 0.625. The summed E-state index contributed by atoms with van der Waals surface area (Å²) < 4.78 is 11.7. The van der Waals surface area contributed by atoms with Crippen LogP contribution in [0.1, 0.15) is 44.2 Å². The van der Waals surface area contributed by atoms with Crippen LogP contribution in [0, 0.1) is 11.8 Å². The van der Waals surface area contributed by atoms with Gasteiger partial charge in [-0.15, -0.1) is 0 Å². The Morgan fingerprint density at radius 2 is 1.65 bits per heavy atom. The number of benzene rings is 1. The molecule has 20 heavy (non-hydrogen) atoms. The van der Waals surface area contributed by atoms with Crippen molar-refractivity contribution >= 4 is 15.9 Å². The lowest BCUT2D eigenvalue weighted by Gasteiger charge is -2.31. The normalized spacial score (nSPS) is 24.2. The molecule has 1 aliphatic rings. The van der Waals surface area contributed by atoms with E-state index in [1.165, 1.54) is 25.7 Å². The second-order valence-corrected chi connectivity index (χ2v) is 6.63. The molecule has 1 aromatic carbocycles. The van der Waals surface area contributed by atoms with Gasteiger partial charge in [0.25, 0.3) is 0 Å². The maximum Gasteiger partial charge on any atom is 0.161 e. The van der Waals surface area contributed by atoms with E-state index in [-0.39, 0.29) is 6.04 Å². The van der Waals surface area contributed by atoms with Gasteiger partial charge in [0.05, 0.1) is 14.2 Å². The van der Waals surface area contributed by atoms with Crippen LogP contribution in [-0.2, 0) is 0 Å². The Bertz CT molecular complexity index is 456. The Balaban J connectivity index is 2.23. The number of methoxy groups -OCH3 is 2. The summed E-state index contributed by atoms with van der Waals surface area (Å²) in [7, 11) is 3.30. The minimum atomic E-state index is 0.0525. The van der Waals surface area contributed by atoms with Crippen molar-refractivity contribution in [3.05, 3.63) is 22.2 Å². The van der Waals surface area contributed by atoms with Gasteiger partial charge in [0.1, 0.15) is 0 Å². The van der Waals surface area contributed by atoms with E-state index in [0.717, 1.165) is 27.5 Å². The van der Waals surface area contributed by atoms with Crippen molar-refractivity contribution in [2.45, 2.75) is 38.6 Å². The molecule has 0 radical (unpaired) electrons. The summed E-state index contributed by atoms with van der Waals surface area (Å²) in [4.78, 5) is 0. The quantitative estimate of drug-likeness (QED) is 0.888. The first-order valence-electron chi connectivity index (χ1n) is 7.23. The summed E-state index contributed by atoms with van der Waals surface area (Å²) in [5, 5.41) is 0. The van der Waals surface area contributed by atoms with E-state index in [4.69, 9.17) is 15.2 Å². The van der Waals surface area contributed by atoms with Crippen molar-refractivity contribution in [1.82, 2.24) is 0 Å². The predicted molar refractivity (Wildman–Crippen MR) is 85.3 cm³/mol. The smallest absolute Gasteiger partial charge is 0.161 e. The highest BCUT2D eigenvalue weighted by molar-refractivity contribution is 9.10. The average molecular weight is 342 g/mol. The van der Waals surface area contributed by atoms with Gasteiger partial charge < -0.3 is 15.2 Å². The number of ether oxygens (including phenoxy) is 2. The third kappa shape index (κ3) is 3.29. The second kappa shape index (κ2) is 6.81. The van der Waals surface area contributed by atoms with E-state index in [1.807, 2.05) is 12.1 Å². The van der Waals surface area contributed by atoms with Crippen molar-refractivity contribution in [1.29, 1.82) is 0 Å². The maximum atomic E-state index is 6.50. The highest BCUT2D eigenvalue weighted by Gasteiger charge is 2.26. The summed E-state index contributed by atoms with van der Waals surface area (Å²) in [6, 6.07) is 4.00. The lowest BCUT2D eigenvalue weighted by atomic mass is 9.77.